The first-order valence-electron chi connectivity index (χ1n) is 7.50. The number of hydrogen-bond donors (Lipinski definition) is 0. The highest BCUT2D eigenvalue weighted by Crippen LogP contribution is 2.25. The molecule has 1 unspecified atom stereocenters. The van der Waals surface area contributed by atoms with Gasteiger partial charge in [0.05, 0.1) is 11.0 Å². The Morgan fingerprint density at radius 1 is 1.52 bits per heavy atom. The molecule has 0 radical (unpaired) electrons. The molecule has 0 spiro atoms. The summed E-state index contributed by atoms with van der Waals surface area (Å²) in [4.78, 5) is 28.1. The number of aromatic nitrogens is 1. The second kappa shape index (κ2) is 6.80. The molecule has 0 N–H and O–H groups in total. The summed E-state index contributed by atoms with van der Waals surface area (Å²) in [6, 6.07) is 2.64. The molecule has 1 aliphatic heterocycles. The molecule has 1 aromatic heterocycles. The van der Waals surface area contributed by atoms with Crippen LogP contribution >= 0.6 is 0 Å². The Kier molecular flexibility index (Phi) is 5.02. The van der Waals surface area contributed by atoms with E-state index in [-0.39, 0.29) is 30.3 Å². The van der Waals surface area contributed by atoms with E-state index in [2.05, 4.69) is 4.98 Å². The molecule has 0 saturated carbocycles. The molecule has 1 fully saturated rings. The van der Waals surface area contributed by atoms with Gasteiger partial charge >= 0.3 is 11.8 Å². The van der Waals surface area contributed by atoms with Gasteiger partial charge in [-0.25, -0.2) is 9.78 Å². The minimum absolute atomic E-state index is 0.0338. The number of pyridine rings is 1. The van der Waals surface area contributed by atoms with Crippen LogP contribution in [-0.4, -0.2) is 45.7 Å². The third kappa shape index (κ3) is 4.54. The molecule has 8 heteroatoms. The van der Waals surface area contributed by atoms with Crippen molar-refractivity contribution < 1.29 is 19.2 Å². The Balaban J connectivity index is 2.00. The predicted molar refractivity (Wildman–Crippen MR) is 82.3 cm³/mol. The smallest absolute Gasteiger partial charge is 0.410 e. The van der Waals surface area contributed by atoms with Gasteiger partial charge in [0.1, 0.15) is 12.2 Å². The number of nitrogens with zero attached hydrogens (tertiary/aromatic N) is 3. The van der Waals surface area contributed by atoms with Crippen LogP contribution in [0.15, 0.2) is 18.3 Å². The maximum absolute atomic E-state index is 12.2. The monoisotopic (exact) mass is 323 g/mol. The van der Waals surface area contributed by atoms with Gasteiger partial charge in [0.2, 0.25) is 0 Å². The van der Waals surface area contributed by atoms with E-state index in [0.29, 0.717) is 6.54 Å². The second-order valence-electron chi connectivity index (χ2n) is 6.37. The lowest BCUT2D eigenvalue weighted by Gasteiger charge is -2.28. The molecule has 2 heterocycles. The largest absolute Gasteiger partial charge is 0.471 e. The summed E-state index contributed by atoms with van der Waals surface area (Å²) in [5, 5.41) is 10.9. The van der Waals surface area contributed by atoms with Gasteiger partial charge < -0.3 is 14.4 Å². The summed E-state index contributed by atoms with van der Waals surface area (Å²) in [5.41, 5.74) is -0.750. The highest BCUT2D eigenvalue weighted by atomic mass is 16.6. The fourth-order valence-corrected chi connectivity index (χ4v) is 2.38. The van der Waals surface area contributed by atoms with Crippen LogP contribution in [0.5, 0.6) is 5.88 Å². The Morgan fingerprint density at radius 2 is 2.26 bits per heavy atom. The van der Waals surface area contributed by atoms with Crippen LogP contribution in [0.4, 0.5) is 10.5 Å². The molecule has 1 atom stereocenters. The van der Waals surface area contributed by atoms with Gasteiger partial charge in [0.25, 0.3) is 5.88 Å². The van der Waals surface area contributed by atoms with Gasteiger partial charge in [-0.3, -0.25) is 10.1 Å². The molecule has 0 bridgehead atoms. The Bertz CT molecular complexity index is 585. The minimum Gasteiger partial charge on any atom is -0.471 e. The van der Waals surface area contributed by atoms with Gasteiger partial charge in [-0.2, -0.15) is 0 Å². The quantitative estimate of drug-likeness (QED) is 0.624. The van der Waals surface area contributed by atoms with Crippen LogP contribution in [0.3, 0.4) is 0 Å². The summed E-state index contributed by atoms with van der Waals surface area (Å²) in [6.45, 7) is 6.17. The fraction of sp³-hybridized carbons (Fsp3) is 0.600. The molecule has 1 saturated heterocycles. The van der Waals surface area contributed by atoms with Crippen molar-refractivity contribution in [2.75, 3.05) is 13.2 Å². The molecule has 0 aliphatic carbocycles. The minimum atomic E-state index is -0.565. The molecular formula is C15H21N3O5. The lowest BCUT2D eigenvalue weighted by Crippen LogP contribution is -2.42. The first kappa shape index (κ1) is 17.0. The first-order chi connectivity index (χ1) is 10.8. The Hall–Kier alpha value is -2.38. The van der Waals surface area contributed by atoms with Crippen LogP contribution < -0.4 is 4.74 Å². The topological polar surface area (TPSA) is 94.8 Å². The number of carbonyl (C=O) groups is 1. The molecule has 126 valence electrons. The van der Waals surface area contributed by atoms with Crippen LogP contribution in [0.1, 0.15) is 33.6 Å². The normalized spacial score (nSPS) is 17.9. The summed E-state index contributed by atoms with van der Waals surface area (Å²) in [5.74, 6) is -0.0338. The molecular weight excluding hydrogens is 302 g/mol. The number of amides is 1. The van der Waals surface area contributed by atoms with Gasteiger partial charge in [0, 0.05) is 18.8 Å². The zero-order valence-electron chi connectivity index (χ0n) is 13.5. The van der Waals surface area contributed by atoms with E-state index in [1.165, 1.54) is 18.3 Å². The fourth-order valence-electron chi connectivity index (χ4n) is 2.38. The molecule has 8 nitrogen and oxygen atoms in total. The van der Waals surface area contributed by atoms with Crippen LogP contribution in [0.25, 0.3) is 0 Å². The number of nitro groups is 1. The zero-order chi connectivity index (χ0) is 17.0. The average molecular weight is 323 g/mol. The van der Waals surface area contributed by atoms with Gasteiger partial charge in [-0.15, -0.1) is 0 Å². The van der Waals surface area contributed by atoms with E-state index in [0.717, 1.165) is 12.8 Å². The van der Waals surface area contributed by atoms with E-state index in [4.69, 9.17) is 9.47 Å². The second-order valence-corrected chi connectivity index (χ2v) is 6.37. The summed E-state index contributed by atoms with van der Waals surface area (Å²) in [7, 11) is 0. The van der Waals surface area contributed by atoms with Crippen LogP contribution in [0, 0.1) is 10.1 Å². The summed E-state index contributed by atoms with van der Waals surface area (Å²) >= 11 is 0. The van der Waals surface area contributed by atoms with E-state index < -0.39 is 10.5 Å². The molecule has 1 amide bonds. The maximum atomic E-state index is 12.2. The number of hydrogen-bond acceptors (Lipinski definition) is 6. The van der Waals surface area contributed by atoms with Gasteiger partial charge in [-0.1, -0.05) is 0 Å². The molecule has 23 heavy (non-hydrogen) atoms. The molecule has 1 aromatic rings. The average Bonchev–Trinajstić information content (AvgIpc) is 2.92. The van der Waals surface area contributed by atoms with Crippen molar-refractivity contribution >= 4 is 11.8 Å². The van der Waals surface area contributed by atoms with Crippen molar-refractivity contribution in [1.29, 1.82) is 0 Å². The number of carbonyl (C=O) groups excluding carboxylic acids is 1. The standard InChI is InChI=1S/C15H21N3O5/c1-15(2,3)23-14(19)17-9-5-6-11(17)10-22-13-12(18(20)21)7-4-8-16-13/h4,7-8,11H,5-6,9-10H2,1-3H3. The molecule has 1 aliphatic rings. The van der Waals surface area contributed by atoms with E-state index >= 15 is 0 Å². The number of likely N-dealkylation sites (tertiary alicyclic amines) is 1. The van der Waals surface area contributed by atoms with Crippen molar-refractivity contribution in [1.82, 2.24) is 9.88 Å². The summed E-state index contributed by atoms with van der Waals surface area (Å²) < 4.78 is 10.9. The highest BCUT2D eigenvalue weighted by Gasteiger charge is 2.33. The molecule has 0 aromatic carbocycles. The number of ether oxygens (including phenoxy) is 2. The molecule has 2 rings (SSSR count). The summed E-state index contributed by atoms with van der Waals surface area (Å²) in [6.07, 6.45) is 2.65. The predicted octanol–water partition coefficient (Wildman–Crippen LogP) is 2.77. The lowest BCUT2D eigenvalue weighted by molar-refractivity contribution is -0.386. The van der Waals surface area contributed by atoms with Gasteiger partial charge in [-0.05, 0) is 39.7 Å². The Labute approximate surface area is 134 Å². The SMILES string of the molecule is CC(C)(C)OC(=O)N1CCCC1COc1ncccc1[N+](=O)[O-]. The lowest BCUT2D eigenvalue weighted by atomic mass is 10.2. The van der Waals surface area contributed by atoms with Crippen molar-refractivity contribution in [3.05, 3.63) is 28.4 Å². The van der Waals surface area contributed by atoms with Crippen LogP contribution in [0.2, 0.25) is 0 Å². The van der Waals surface area contributed by atoms with E-state index in [1.54, 1.807) is 4.90 Å². The number of rotatable bonds is 4. The Morgan fingerprint density at radius 3 is 2.91 bits per heavy atom. The van der Waals surface area contributed by atoms with Crippen molar-refractivity contribution in [3.8, 4) is 5.88 Å². The van der Waals surface area contributed by atoms with Crippen molar-refractivity contribution in [2.45, 2.75) is 45.3 Å². The third-order valence-corrected chi connectivity index (χ3v) is 3.37. The van der Waals surface area contributed by atoms with Gasteiger partial charge in [0.15, 0.2) is 0 Å². The third-order valence-electron chi connectivity index (χ3n) is 3.37. The van der Waals surface area contributed by atoms with Crippen LogP contribution in [-0.2, 0) is 4.74 Å². The zero-order valence-corrected chi connectivity index (χ0v) is 13.5. The highest BCUT2D eigenvalue weighted by molar-refractivity contribution is 5.69. The van der Waals surface area contributed by atoms with E-state index in [9.17, 15) is 14.9 Å². The maximum Gasteiger partial charge on any atom is 0.410 e. The van der Waals surface area contributed by atoms with E-state index in [1.807, 2.05) is 20.8 Å². The van der Waals surface area contributed by atoms with Crippen molar-refractivity contribution in [3.63, 3.8) is 0 Å². The first-order valence-corrected chi connectivity index (χ1v) is 7.50. The van der Waals surface area contributed by atoms with Crippen molar-refractivity contribution in [2.24, 2.45) is 0 Å².